The third kappa shape index (κ3) is 3.04. The second-order valence-corrected chi connectivity index (χ2v) is 3.84. The molecule has 2 aromatic rings. The van der Waals surface area contributed by atoms with Crippen molar-refractivity contribution < 1.29 is 4.42 Å². The number of anilines is 1. The molecule has 0 amide bonds. The number of rotatable bonds is 3. The molecule has 2 rings (SSSR count). The van der Waals surface area contributed by atoms with Crippen LogP contribution in [0, 0.1) is 0 Å². The number of nitrogens with one attached hydrogen (secondary N) is 2. The molecule has 0 aliphatic carbocycles. The maximum absolute atomic E-state index is 5.21. The highest BCUT2D eigenvalue weighted by Crippen LogP contribution is 2.20. The first-order valence-electron chi connectivity index (χ1n) is 5.33. The third-order valence-electron chi connectivity index (χ3n) is 2.20. The Hall–Kier alpha value is -1.88. The molecule has 0 aliphatic rings. The van der Waals surface area contributed by atoms with Gasteiger partial charge in [-0.05, 0) is 43.4 Å². The molecule has 17 heavy (non-hydrogen) atoms. The van der Waals surface area contributed by atoms with Gasteiger partial charge in [-0.25, -0.2) is 4.98 Å². The Morgan fingerprint density at radius 2 is 2.12 bits per heavy atom. The molecule has 0 bridgehead atoms. The van der Waals surface area contributed by atoms with Gasteiger partial charge in [0, 0.05) is 17.8 Å². The molecule has 0 radical (unpaired) electrons. The van der Waals surface area contributed by atoms with Crippen molar-refractivity contribution in [2.75, 3.05) is 11.9 Å². The normalized spacial score (nSPS) is 9.94. The van der Waals surface area contributed by atoms with Crippen molar-refractivity contribution in [1.29, 1.82) is 0 Å². The van der Waals surface area contributed by atoms with Crippen LogP contribution < -0.4 is 10.6 Å². The van der Waals surface area contributed by atoms with Crippen LogP contribution in [-0.2, 0) is 0 Å². The van der Waals surface area contributed by atoms with Gasteiger partial charge in [-0.1, -0.05) is 0 Å². The van der Waals surface area contributed by atoms with Crippen LogP contribution in [0.25, 0.3) is 11.3 Å². The van der Waals surface area contributed by atoms with E-state index in [0.29, 0.717) is 5.11 Å². The summed E-state index contributed by atoms with van der Waals surface area (Å²) < 4.78 is 5.21. The highest BCUT2D eigenvalue weighted by molar-refractivity contribution is 7.80. The Labute approximate surface area is 105 Å². The molecule has 0 saturated carbocycles. The number of nitrogens with zero attached hydrogens (tertiary/aromatic N) is 1. The van der Waals surface area contributed by atoms with E-state index in [-0.39, 0.29) is 0 Å². The minimum atomic E-state index is 0.625. The van der Waals surface area contributed by atoms with E-state index in [2.05, 4.69) is 15.6 Å². The molecule has 88 valence electrons. The van der Waals surface area contributed by atoms with Gasteiger partial charge in [-0.3, -0.25) is 0 Å². The molecule has 5 heteroatoms. The van der Waals surface area contributed by atoms with E-state index in [0.717, 1.165) is 23.6 Å². The van der Waals surface area contributed by atoms with Crippen molar-refractivity contribution in [3.8, 4) is 11.3 Å². The van der Waals surface area contributed by atoms with E-state index in [1.807, 2.05) is 31.2 Å². The molecular formula is C12H13N3OS. The van der Waals surface area contributed by atoms with Gasteiger partial charge in [0.05, 0.1) is 6.20 Å². The minimum absolute atomic E-state index is 0.625. The Balaban J connectivity index is 2.06. The quantitative estimate of drug-likeness (QED) is 0.817. The summed E-state index contributed by atoms with van der Waals surface area (Å²) in [4.78, 5) is 3.88. The van der Waals surface area contributed by atoms with Crippen LogP contribution >= 0.6 is 12.2 Å². The molecule has 0 aliphatic heterocycles. The molecule has 0 spiro atoms. The lowest BCUT2D eigenvalue weighted by atomic mass is 10.2. The first-order valence-corrected chi connectivity index (χ1v) is 5.74. The lowest BCUT2D eigenvalue weighted by Crippen LogP contribution is -2.27. The number of hydrogen-bond acceptors (Lipinski definition) is 3. The lowest BCUT2D eigenvalue weighted by Gasteiger charge is -2.08. The lowest BCUT2D eigenvalue weighted by molar-refractivity contribution is 0.572. The van der Waals surface area contributed by atoms with Crippen LogP contribution in [0.4, 0.5) is 5.69 Å². The summed E-state index contributed by atoms with van der Waals surface area (Å²) in [6, 6.07) is 7.80. The Morgan fingerprint density at radius 3 is 2.71 bits per heavy atom. The number of benzene rings is 1. The fraction of sp³-hybridized carbons (Fsp3) is 0.167. The van der Waals surface area contributed by atoms with Crippen LogP contribution in [0.2, 0.25) is 0 Å². The molecule has 1 aromatic carbocycles. The van der Waals surface area contributed by atoms with Crippen LogP contribution in [0.1, 0.15) is 6.92 Å². The van der Waals surface area contributed by atoms with E-state index < -0.39 is 0 Å². The van der Waals surface area contributed by atoms with Crippen LogP contribution in [0.15, 0.2) is 41.3 Å². The molecular weight excluding hydrogens is 234 g/mol. The Kier molecular flexibility index (Phi) is 3.72. The van der Waals surface area contributed by atoms with Crippen molar-refractivity contribution >= 4 is 23.0 Å². The number of hydrogen-bond donors (Lipinski definition) is 2. The zero-order valence-electron chi connectivity index (χ0n) is 9.43. The first kappa shape index (κ1) is 11.6. The Bertz CT molecular complexity index is 479. The van der Waals surface area contributed by atoms with E-state index in [1.165, 1.54) is 6.39 Å². The van der Waals surface area contributed by atoms with Crippen molar-refractivity contribution in [2.24, 2.45) is 0 Å². The van der Waals surface area contributed by atoms with Gasteiger partial charge in [-0.2, -0.15) is 0 Å². The largest absolute Gasteiger partial charge is 0.444 e. The SMILES string of the molecule is CCNC(=S)Nc1ccc(-c2cnco2)cc1. The van der Waals surface area contributed by atoms with Crippen LogP contribution in [0.3, 0.4) is 0 Å². The highest BCUT2D eigenvalue weighted by atomic mass is 32.1. The Morgan fingerprint density at radius 1 is 1.35 bits per heavy atom. The van der Waals surface area contributed by atoms with E-state index in [9.17, 15) is 0 Å². The summed E-state index contributed by atoms with van der Waals surface area (Å²) in [5.74, 6) is 0.755. The summed E-state index contributed by atoms with van der Waals surface area (Å²) in [5.41, 5.74) is 1.93. The summed E-state index contributed by atoms with van der Waals surface area (Å²) in [5, 5.41) is 6.74. The zero-order valence-corrected chi connectivity index (χ0v) is 10.3. The molecule has 1 heterocycles. The van der Waals surface area contributed by atoms with Gasteiger partial charge >= 0.3 is 0 Å². The van der Waals surface area contributed by atoms with Crippen LogP contribution in [-0.4, -0.2) is 16.6 Å². The van der Waals surface area contributed by atoms with Gasteiger partial charge in [-0.15, -0.1) is 0 Å². The van der Waals surface area contributed by atoms with E-state index in [4.69, 9.17) is 16.6 Å². The van der Waals surface area contributed by atoms with Gasteiger partial charge in [0.2, 0.25) is 0 Å². The molecule has 1 aromatic heterocycles. The van der Waals surface area contributed by atoms with Crippen molar-refractivity contribution in [1.82, 2.24) is 10.3 Å². The summed E-state index contributed by atoms with van der Waals surface area (Å²) in [7, 11) is 0. The fourth-order valence-corrected chi connectivity index (χ4v) is 1.67. The maximum Gasteiger partial charge on any atom is 0.181 e. The second-order valence-electron chi connectivity index (χ2n) is 3.43. The van der Waals surface area contributed by atoms with Gasteiger partial charge in [0.15, 0.2) is 17.3 Å². The molecule has 0 atom stereocenters. The number of aromatic nitrogens is 1. The fourth-order valence-electron chi connectivity index (χ4n) is 1.41. The van der Waals surface area contributed by atoms with E-state index >= 15 is 0 Å². The zero-order chi connectivity index (χ0) is 12.1. The van der Waals surface area contributed by atoms with E-state index in [1.54, 1.807) is 6.20 Å². The molecule has 0 fully saturated rings. The molecule has 2 N–H and O–H groups in total. The van der Waals surface area contributed by atoms with Crippen molar-refractivity contribution in [2.45, 2.75) is 6.92 Å². The highest BCUT2D eigenvalue weighted by Gasteiger charge is 2.01. The summed E-state index contributed by atoms with van der Waals surface area (Å²) >= 11 is 5.10. The van der Waals surface area contributed by atoms with Gasteiger partial charge in [0.1, 0.15) is 0 Å². The third-order valence-corrected chi connectivity index (χ3v) is 2.44. The smallest absolute Gasteiger partial charge is 0.181 e. The number of thiocarbonyl (C=S) groups is 1. The average molecular weight is 247 g/mol. The average Bonchev–Trinajstić information content (AvgIpc) is 2.84. The summed E-state index contributed by atoms with van der Waals surface area (Å²) in [6.07, 6.45) is 3.10. The molecule has 0 unspecified atom stereocenters. The minimum Gasteiger partial charge on any atom is -0.444 e. The predicted octanol–water partition coefficient (Wildman–Crippen LogP) is 2.65. The van der Waals surface area contributed by atoms with Crippen molar-refractivity contribution in [3.05, 3.63) is 36.9 Å². The van der Waals surface area contributed by atoms with Crippen LogP contribution in [0.5, 0.6) is 0 Å². The standard InChI is InChI=1S/C12H13N3OS/c1-2-14-12(17)15-10-5-3-9(4-6-10)11-7-13-8-16-11/h3-8H,2H2,1H3,(H2,14,15,17). The first-order chi connectivity index (χ1) is 8.29. The topological polar surface area (TPSA) is 50.1 Å². The molecule has 0 saturated heterocycles. The van der Waals surface area contributed by atoms with Gasteiger partial charge < -0.3 is 15.1 Å². The monoisotopic (exact) mass is 247 g/mol. The predicted molar refractivity (Wildman–Crippen MR) is 71.8 cm³/mol. The molecule has 4 nitrogen and oxygen atoms in total. The second kappa shape index (κ2) is 5.45. The van der Waals surface area contributed by atoms with Crippen molar-refractivity contribution in [3.63, 3.8) is 0 Å². The maximum atomic E-state index is 5.21. The van der Waals surface area contributed by atoms with Gasteiger partial charge in [0.25, 0.3) is 0 Å². The summed E-state index contributed by atoms with van der Waals surface area (Å²) in [6.45, 7) is 2.81. The number of oxazole rings is 1.